The zero-order valence-electron chi connectivity index (χ0n) is 12.6. The van der Waals surface area contributed by atoms with Gasteiger partial charge in [0.05, 0.1) is 6.42 Å². The Morgan fingerprint density at radius 2 is 1.86 bits per heavy atom. The molecule has 1 aliphatic rings. The second-order valence-electron chi connectivity index (χ2n) is 5.21. The van der Waals surface area contributed by atoms with Crippen LogP contribution in [0.5, 0.6) is 11.5 Å². The van der Waals surface area contributed by atoms with E-state index in [-0.39, 0.29) is 5.91 Å². The van der Waals surface area contributed by atoms with E-state index in [4.69, 9.17) is 9.47 Å². The quantitative estimate of drug-likeness (QED) is 0.942. The molecule has 1 amide bonds. The van der Waals surface area contributed by atoms with Crippen LogP contribution in [0.3, 0.4) is 0 Å². The minimum Gasteiger partial charge on any atom is -0.486 e. The molecular weight excluding hydrogens is 278 g/mol. The lowest BCUT2D eigenvalue weighted by atomic mass is 10.1. The molecule has 114 valence electrons. The number of aryl methyl sites for hydroxylation is 1. The maximum absolute atomic E-state index is 12.2. The number of rotatable bonds is 4. The van der Waals surface area contributed by atoms with Gasteiger partial charge in [0.25, 0.3) is 0 Å². The fourth-order valence-corrected chi connectivity index (χ4v) is 2.53. The van der Waals surface area contributed by atoms with Crippen LogP contribution in [-0.4, -0.2) is 19.1 Å². The molecule has 0 saturated carbocycles. The van der Waals surface area contributed by atoms with E-state index in [0.717, 1.165) is 29.0 Å². The van der Waals surface area contributed by atoms with Crippen molar-refractivity contribution in [3.8, 4) is 11.5 Å². The Balaban J connectivity index is 1.69. The van der Waals surface area contributed by atoms with Crippen LogP contribution in [0.25, 0.3) is 0 Å². The van der Waals surface area contributed by atoms with E-state index in [1.54, 1.807) is 0 Å². The Kier molecular flexibility index (Phi) is 4.28. The summed E-state index contributed by atoms with van der Waals surface area (Å²) in [4.78, 5) is 12.2. The minimum atomic E-state index is -0.0300. The zero-order valence-corrected chi connectivity index (χ0v) is 12.6. The third-order valence-corrected chi connectivity index (χ3v) is 3.64. The van der Waals surface area contributed by atoms with Gasteiger partial charge in [-0.3, -0.25) is 4.79 Å². The van der Waals surface area contributed by atoms with Crippen molar-refractivity contribution in [3.63, 3.8) is 0 Å². The first-order valence-corrected chi connectivity index (χ1v) is 7.52. The number of hydrogen-bond donors (Lipinski definition) is 1. The molecule has 22 heavy (non-hydrogen) atoms. The molecule has 1 heterocycles. The number of benzene rings is 2. The summed E-state index contributed by atoms with van der Waals surface area (Å²) in [7, 11) is 0. The highest BCUT2D eigenvalue weighted by atomic mass is 16.6. The van der Waals surface area contributed by atoms with E-state index in [1.165, 1.54) is 0 Å². The number of amides is 1. The maximum atomic E-state index is 12.2. The van der Waals surface area contributed by atoms with Gasteiger partial charge in [-0.1, -0.05) is 31.2 Å². The molecule has 2 aromatic rings. The molecule has 3 rings (SSSR count). The molecule has 0 aromatic heterocycles. The molecule has 0 radical (unpaired) electrons. The van der Waals surface area contributed by atoms with Crippen LogP contribution < -0.4 is 14.8 Å². The van der Waals surface area contributed by atoms with Gasteiger partial charge in [0.15, 0.2) is 11.5 Å². The van der Waals surface area contributed by atoms with Crippen LogP contribution >= 0.6 is 0 Å². The lowest BCUT2D eigenvalue weighted by Crippen LogP contribution is -2.17. The molecule has 0 atom stereocenters. The number of para-hydroxylation sites is 1. The van der Waals surface area contributed by atoms with Gasteiger partial charge in [0.1, 0.15) is 13.2 Å². The monoisotopic (exact) mass is 297 g/mol. The van der Waals surface area contributed by atoms with E-state index in [9.17, 15) is 4.79 Å². The highest BCUT2D eigenvalue weighted by molar-refractivity contribution is 5.93. The molecule has 2 aromatic carbocycles. The zero-order chi connectivity index (χ0) is 15.4. The molecule has 0 unspecified atom stereocenters. The fraction of sp³-hybridized carbons (Fsp3) is 0.278. The number of carbonyl (C=O) groups excluding carboxylic acids is 1. The Labute approximate surface area is 130 Å². The molecule has 0 bridgehead atoms. The van der Waals surface area contributed by atoms with Crippen LogP contribution in [0.1, 0.15) is 18.1 Å². The highest BCUT2D eigenvalue weighted by Gasteiger charge is 2.13. The molecule has 1 N–H and O–H groups in total. The van der Waals surface area contributed by atoms with Gasteiger partial charge in [-0.05, 0) is 35.7 Å². The van der Waals surface area contributed by atoms with E-state index in [2.05, 4.69) is 12.2 Å². The van der Waals surface area contributed by atoms with Gasteiger partial charge < -0.3 is 14.8 Å². The minimum absolute atomic E-state index is 0.0300. The second kappa shape index (κ2) is 6.52. The molecule has 1 aliphatic heterocycles. The smallest absolute Gasteiger partial charge is 0.228 e. The average Bonchev–Trinajstić information content (AvgIpc) is 2.55. The van der Waals surface area contributed by atoms with Crippen LogP contribution in [-0.2, 0) is 17.6 Å². The summed E-state index contributed by atoms with van der Waals surface area (Å²) < 4.78 is 11.0. The van der Waals surface area contributed by atoms with Crippen molar-refractivity contribution in [1.82, 2.24) is 0 Å². The third-order valence-electron chi connectivity index (χ3n) is 3.64. The summed E-state index contributed by atoms with van der Waals surface area (Å²) in [5.74, 6) is 1.43. The van der Waals surface area contributed by atoms with Gasteiger partial charge >= 0.3 is 0 Å². The van der Waals surface area contributed by atoms with Crippen molar-refractivity contribution in [3.05, 3.63) is 53.6 Å². The number of anilines is 1. The summed E-state index contributed by atoms with van der Waals surface area (Å²) in [6.07, 6.45) is 1.20. The number of fused-ring (bicyclic) bond motifs is 1. The molecule has 0 spiro atoms. The molecular formula is C18H19NO3. The first-order chi connectivity index (χ1) is 10.8. The summed E-state index contributed by atoms with van der Waals surface area (Å²) in [6, 6.07) is 13.5. The Morgan fingerprint density at radius 1 is 1.09 bits per heavy atom. The van der Waals surface area contributed by atoms with E-state index in [1.807, 2.05) is 42.5 Å². The molecule has 0 aliphatic carbocycles. The van der Waals surface area contributed by atoms with Gasteiger partial charge in [0.2, 0.25) is 5.91 Å². The number of nitrogens with one attached hydrogen (secondary N) is 1. The number of carbonyl (C=O) groups is 1. The second-order valence-corrected chi connectivity index (χ2v) is 5.21. The highest BCUT2D eigenvalue weighted by Crippen LogP contribution is 2.31. The summed E-state index contributed by atoms with van der Waals surface area (Å²) >= 11 is 0. The van der Waals surface area contributed by atoms with Crippen molar-refractivity contribution in [1.29, 1.82) is 0 Å². The number of hydrogen-bond acceptors (Lipinski definition) is 3. The Bertz CT molecular complexity index is 682. The van der Waals surface area contributed by atoms with Crippen LogP contribution in [0.15, 0.2) is 42.5 Å². The normalized spacial score (nSPS) is 12.8. The van der Waals surface area contributed by atoms with Gasteiger partial charge in [0, 0.05) is 5.69 Å². The summed E-state index contributed by atoms with van der Waals surface area (Å²) in [6.45, 7) is 3.19. The average molecular weight is 297 g/mol. The van der Waals surface area contributed by atoms with Gasteiger partial charge in [-0.2, -0.15) is 0 Å². The topological polar surface area (TPSA) is 47.6 Å². The van der Waals surface area contributed by atoms with Crippen molar-refractivity contribution >= 4 is 11.6 Å². The number of ether oxygens (including phenoxy) is 2. The van der Waals surface area contributed by atoms with Crippen molar-refractivity contribution in [2.75, 3.05) is 18.5 Å². The van der Waals surface area contributed by atoms with Gasteiger partial charge in [-0.15, -0.1) is 0 Å². The Morgan fingerprint density at radius 3 is 2.68 bits per heavy atom. The standard InChI is InChI=1S/C18H19NO3/c1-2-14-5-3-4-6-15(14)19-18(20)12-13-7-8-16-17(11-13)22-10-9-21-16/h3-8,11H,2,9-10,12H2,1H3,(H,19,20). The third kappa shape index (κ3) is 3.22. The predicted octanol–water partition coefficient (Wildman–Crippen LogP) is 3.20. The lowest BCUT2D eigenvalue weighted by molar-refractivity contribution is -0.115. The van der Waals surface area contributed by atoms with E-state index in [0.29, 0.717) is 25.4 Å². The Hall–Kier alpha value is -2.49. The van der Waals surface area contributed by atoms with Gasteiger partial charge in [-0.25, -0.2) is 0 Å². The first-order valence-electron chi connectivity index (χ1n) is 7.52. The van der Waals surface area contributed by atoms with E-state index >= 15 is 0 Å². The molecule has 4 heteroatoms. The lowest BCUT2D eigenvalue weighted by Gasteiger charge is -2.18. The SMILES string of the molecule is CCc1ccccc1NC(=O)Cc1ccc2c(c1)OCCO2. The van der Waals surface area contributed by atoms with Crippen molar-refractivity contribution in [2.45, 2.75) is 19.8 Å². The van der Waals surface area contributed by atoms with Crippen LogP contribution in [0.4, 0.5) is 5.69 Å². The van der Waals surface area contributed by atoms with Crippen LogP contribution in [0, 0.1) is 0 Å². The predicted molar refractivity (Wildman–Crippen MR) is 85.6 cm³/mol. The molecule has 0 saturated heterocycles. The fourth-order valence-electron chi connectivity index (χ4n) is 2.53. The van der Waals surface area contributed by atoms with Crippen molar-refractivity contribution in [2.24, 2.45) is 0 Å². The van der Waals surface area contributed by atoms with Crippen molar-refractivity contribution < 1.29 is 14.3 Å². The van der Waals surface area contributed by atoms with E-state index < -0.39 is 0 Å². The van der Waals surface area contributed by atoms with Crippen LogP contribution in [0.2, 0.25) is 0 Å². The first kappa shape index (κ1) is 14.4. The maximum Gasteiger partial charge on any atom is 0.228 e. The summed E-state index contributed by atoms with van der Waals surface area (Å²) in [5, 5.41) is 2.98. The molecule has 4 nitrogen and oxygen atoms in total. The largest absolute Gasteiger partial charge is 0.486 e. The molecule has 0 fully saturated rings. The summed E-state index contributed by atoms with van der Waals surface area (Å²) in [5.41, 5.74) is 2.93.